The van der Waals surface area contributed by atoms with Gasteiger partial charge in [-0.25, -0.2) is 9.97 Å². The van der Waals surface area contributed by atoms with Gasteiger partial charge in [0.15, 0.2) is 0 Å². The number of fused-ring (bicyclic) bond motifs is 1. The highest BCUT2D eigenvalue weighted by Gasteiger charge is 2.03. The molecule has 0 saturated carbocycles. The molecule has 3 rings (SSSR count). The van der Waals surface area contributed by atoms with Gasteiger partial charge < -0.3 is 0 Å². The van der Waals surface area contributed by atoms with Gasteiger partial charge in [0.2, 0.25) is 0 Å². The summed E-state index contributed by atoms with van der Waals surface area (Å²) in [7, 11) is 0. The Balaban J connectivity index is 2.07. The van der Waals surface area contributed by atoms with E-state index in [0.29, 0.717) is 10.0 Å². The first kappa shape index (κ1) is 13.1. The Morgan fingerprint density at radius 2 is 1.55 bits per heavy atom. The normalized spacial score (nSPS) is 11.3. The number of rotatable bonds is 2. The summed E-state index contributed by atoms with van der Waals surface area (Å²) in [5.74, 6) is 0. The quantitative estimate of drug-likeness (QED) is 0.657. The summed E-state index contributed by atoms with van der Waals surface area (Å²) in [6.07, 6.45) is 5.33. The van der Waals surface area contributed by atoms with E-state index in [1.807, 2.05) is 54.6 Å². The van der Waals surface area contributed by atoms with Crippen molar-refractivity contribution < 1.29 is 0 Å². The number of benzene rings is 2. The van der Waals surface area contributed by atoms with Crippen LogP contribution in [0.3, 0.4) is 0 Å². The van der Waals surface area contributed by atoms with Crippen molar-refractivity contribution in [1.82, 2.24) is 9.97 Å². The Labute approximate surface area is 126 Å². The van der Waals surface area contributed by atoms with Crippen molar-refractivity contribution in [3.05, 3.63) is 70.1 Å². The maximum atomic E-state index is 6.15. The van der Waals surface area contributed by atoms with Crippen molar-refractivity contribution in [2.75, 3.05) is 0 Å². The van der Waals surface area contributed by atoms with Crippen LogP contribution in [-0.2, 0) is 0 Å². The standard InChI is InChI=1S/C16H10Cl2N2/c17-13-5-3-6-14(18)11(13)8-9-16-12-4-1-2-7-15(12)19-10-20-16/h1-10H/b9-8+. The van der Waals surface area contributed by atoms with Crippen LogP contribution in [0, 0.1) is 0 Å². The van der Waals surface area contributed by atoms with Crippen molar-refractivity contribution in [3.63, 3.8) is 0 Å². The van der Waals surface area contributed by atoms with E-state index in [1.54, 1.807) is 6.33 Å². The van der Waals surface area contributed by atoms with Gasteiger partial charge in [0.25, 0.3) is 0 Å². The molecule has 0 saturated heterocycles. The lowest BCUT2D eigenvalue weighted by atomic mass is 10.1. The Morgan fingerprint density at radius 3 is 2.35 bits per heavy atom. The fourth-order valence-corrected chi connectivity index (χ4v) is 2.51. The summed E-state index contributed by atoms with van der Waals surface area (Å²) in [6.45, 7) is 0. The van der Waals surface area contributed by atoms with Crippen LogP contribution in [-0.4, -0.2) is 9.97 Å². The lowest BCUT2D eigenvalue weighted by molar-refractivity contribution is 1.21. The van der Waals surface area contributed by atoms with Gasteiger partial charge in [-0.05, 0) is 30.4 Å². The first-order chi connectivity index (χ1) is 9.75. The molecular weight excluding hydrogens is 291 g/mol. The van der Waals surface area contributed by atoms with E-state index in [0.717, 1.165) is 22.2 Å². The van der Waals surface area contributed by atoms with Gasteiger partial charge in [0, 0.05) is 21.0 Å². The molecular formula is C16H10Cl2N2. The predicted octanol–water partition coefficient (Wildman–Crippen LogP) is 5.11. The van der Waals surface area contributed by atoms with Crippen molar-refractivity contribution in [1.29, 1.82) is 0 Å². The second kappa shape index (κ2) is 5.61. The van der Waals surface area contributed by atoms with Crippen LogP contribution < -0.4 is 0 Å². The van der Waals surface area contributed by atoms with E-state index in [9.17, 15) is 0 Å². The Morgan fingerprint density at radius 1 is 0.800 bits per heavy atom. The van der Waals surface area contributed by atoms with Crippen molar-refractivity contribution in [2.45, 2.75) is 0 Å². The number of aromatic nitrogens is 2. The second-order valence-corrected chi connectivity index (χ2v) is 5.06. The Kier molecular flexibility index (Phi) is 3.68. The van der Waals surface area contributed by atoms with Crippen LogP contribution >= 0.6 is 23.2 Å². The van der Waals surface area contributed by atoms with Gasteiger partial charge in [-0.15, -0.1) is 0 Å². The Hall–Kier alpha value is -1.90. The topological polar surface area (TPSA) is 25.8 Å². The molecule has 0 aliphatic rings. The molecule has 0 unspecified atom stereocenters. The zero-order chi connectivity index (χ0) is 13.9. The van der Waals surface area contributed by atoms with Crippen molar-refractivity contribution in [3.8, 4) is 0 Å². The lowest BCUT2D eigenvalue weighted by Gasteiger charge is -2.02. The van der Waals surface area contributed by atoms with E-state index < -0.39 is 0 Å². The van der Waals surface area contributed by atoms with Crippen LogP contribution in [0.2, 0.25) is 10.0 Å². The fraction of sp³-hybridized carbons (Fsp3) is 0. The van der Waals surface area contributed by atoms with E-state index in [2.05, 4.69) is 9.97 Å². The molecule has 3 aromatic rings. The van der Waals surface area contributed by atoms with Crippen LogP contribution in [0.5, 0.6) is 0 Å². The monoisotopic (exact) mass is 300 g/mol. The average Bonchev–Trinajstić information content (AvgIpc) is 2.47. The number of hydrogen-bond acceptors (Lipinski definition) is 2. The number of para-hydroxylation sites is 1. The second-order valence-electron chi connectivity index (χ2n) is 4.24. The molecule has 2 aromatic carbocycles. The molecule has 1 aromatic heterocycles. The molecule has 2 nitrogen and oxygen atoms in total. The summed E-state index contributed by atoms with van der Waals surface area (Å²) >= 11 is 12.3. The van der Waals surface area contributed by atoms with E-state index >= 15 is 0 Å². The molecule has 4 heteroatoms. The third kappa shape index (κ3) is 2.53. The molecule has 20 heavy (non-hydrogen) atoms. The van der Waals surface area contributed by atoms with Gasteiger partial charge >= 0.3 is 0 Å². The Bertz CT molecular complexity index is 772. The molecule has 0 spiro atoms. The lowest BCUT2D eigenvalue weighted by Crippen LogP contribution is -1.87. The highest BCUT2D eigenvalue weighted by atomic mass is 35.5. The van der Waals surface area contributed by atoms with Crippen LogP contribution in [0.25, 0.3) is 23.1 Å². The van der Waals surface area contributed by atoms with Gasteiger partial charge in [-0.3, -0.25) is 0 Å². The van der Waals surface area contributed by atoms with Crippen molar-refractivity contribution >= 4 is 46.3 Å². The summed E-state index contributed by atoms with van der Waals surface area (Å²) in [5.41, 5.74) is 2.54. The largest absolute Gasteiger partial charge is 0.236 e. The smallest absolute Gasteiger partial charge is 0.116 e. The number of nitrogens with zero attached hydrogens (tertiary/aromatic N) is 2. The molecule has 0 aliphatic carbocycles. The van der Waals surface area contributed by atoms with E-state index in [-0.39, 0.29) is 0 Å². The molecule has 0 radical (unpaired) electrons. The molecule has 0 fully saturated rings. The first-order valence-electron chi connectivity index (χ1n) is 6.07. The summed E-state index contributed by atoms with van der Waals surface area (Å²) in [5, 5.41) is 2.23. The van der Waals surface area contributed by atoms with Crippen LogP contribution in [0.15, 0.2) is 48.8 Å². The molecule has 0 bridgehead atoms. The van der Waals surface area contributed by atoms with E-state index in [4.69, 9.17) is 23.2 Å². The number of hydrogen-bond donors (Lipinski definition) is 0. The number of halogens is 2. The van der Waals surface area contributed by atoms with Crippen LogP contribution in [0.1, 0.15) is 11.3 Å². The maximum Gasteiger partial charge on any atom is 0.116 e. The van der Waals surface area contributed by atoms with Crippen molar-refractivity contribution in [2.24, 2.45) is 0 Å². The minimum absolute atomic E-state index is 0.618. The molecule has 0 atom stereocenters. The van der Waals surface area contributed by atoms with Crippen LogP contribution in [0.4, 0.5) is 0 Å². The molecule has 98 valence electrons. The predicted molar refractivity (Wildman–Crippen MR) is 84.9 cm³/mol. The molecule has 0 amide bonds. The summed E-state index contributed by atoms with van der Waals surface area (Å²) in [6, 6.07) is 13.3. The zero-order valence-electron chi connectivity index (χ0n) is 10.4. The van der Waals surface area contributed by atoms with E-state index in [1.165, 1.54) is 0 Å². The SMILES string of the molecule is Clc1cccc(Cl)c1/C=C/c1ncnc2ccccc12. The third-order valence-corrected chi connectivity index (χ3v) is 3.64. The molecule has 1 heterocycles. The summed E-state index contributed by atoms with van der Waals surface area (Å²) in [4.78, 5) is 8.53. The van der Waals surface area contributed by atoms with Gasteiger partial charge in [0.1, 0.15) is 6.33 Å². The molecule has 0 N–H and O–H groups in total. The zero-order valence-corrected chi connectivity index (χ0v) is 11.9. The van der Waals surface area contributed by atoms with Gasteiger partial charge in [0.05, 0.1) is 11.2 Å². The average molecular weight is 301 g/mol. The first-order valence-corrected chi connectivity index (χ1v) is 6.83. The minimum Gasteiger partial charge on any atom is -0.236 e. The highest BCUT2D eigenvalue weighted by Crippen LogP contribution is 2.26. The van der Waals surface area contributed by atoms with Gasteiger partial charge in [-0.2, -0.15) is 0 Å². The minimum atomic E-state index is 0.618. The summed E-state index contributed by atoms with van der Waals surface area (Å²) < 4.78 is 0. The maximum absolute atomic E-state index is 6.15. The highest BCUT2D eigenvalue weighted by molar-refractivity contribution is 6.37. The molecule has 0 aliphatic heterocycles. The third-order valence-electron chi connectivity index (χ3n) is 2.98. The van der Waals surface area contributed by atoms with Gasteiger partial charge in [-0.1, -0.05) is 47.5 Å². The fourth-order valence-electron chi connectivity index (χ4n) is 1.99.